The van der Waals surface area contributed by atoms with Crippen molar-refractivity contribution in [1.82, 2.24) is 4.98 Å². The van der Waals surface area contributed by atoms with Gasteiger partial charge in [-0.15, -0.1) is 11.3 Å². The molecule has 150 valence electrons. The van der Waals surface area contributed by atoms with E-state index < -0.39 is 0 Å². The number of aromatic nitrogens is 1. The van der Waals surface area contributed by atoms with Crippen molar-refractivity contribution < 1.29 is 19.0 Å². The van der Waals surface area contributed by atoms with E-state index in [4.69, 9.17) is 14.2 Å². The molecule has 7 heteroatoms. The normalized spacial score (nSPS) is 12.4. The summed E-state index contributed by atoms with van der Waals surface area (Å²) in [6, 6.07) is 12.9. The average molecular weight is 410 g/mol. The highest BCUT2D eigenvalue weighted by atomic mass is 32.1. The van der Waals surface area contributed by atoms with Crippen LogP contribution in [0.4, 0.5) is 5.13 Å². The number of unbranched alkanes of at least 4 members (excludes halogenated alkanes) is 1. The number of fused-ring (bicyclic) bond motifs is 1. The molecule has 0 spiro atoms. The van der Waals surface area contributed by atoms with Crippen LogP contribution in [-0.4, -0.2) is 30.7 Å². The first-order valence-corrected chi connectivity index (χ1v) is 10.5. The molecular formula is C22H22N2O4S. The summed E-state index contributed by atoms with van der Waals surface area (Å²) in [5, 5.41) is 5.31. The van der Waals surface area contributed by atoms with Gasteiger partial charge in [-0.2, -0.15) is 0 Å². The van der Waals surface area contributed by atoms with Crippen molar-refractivity contribution >= 4 is 22.4 Å². The number of thiazole rings is 1. The Bertz CT molecular complexity index is 1000. The third-order valence-electron chi connectivity index (χ3n) is 4.43. The number of benzene rings is 2. The van der Waals surface area contributed by atoms with Crippen LogP contribution in [0.2, 0.25) is 0 Å². The number of nitrogens with zero attached hydrogens (tertiary/aromatic N) is 1. The number of rotatable bonds is 7. The molecule has 0 fully saturated rings. The van der Waals surface area contributed by atoms with Crippen molar-refractivity contribution in [1.29, 1.82) is 0 Å². The van der Waals surface area contributed by atoms with Gasteiger partial charge in [0.05, 0.1) is 12.3 Å². The lowest BCUT2D eigenvalue weighted by Crippen LogP contribution is -2.15. The third-order valence-corrected chi connectivity index (χ3v) is 5.18. The minimum Gasteiger partial charge on any atom is -0.494 e. The lowest BCUT2D eigenvalue weighted by Gasteiger charge is -2.18. The Morgan fingerprint density at radius 1 is 1.17 bits per heavy atom. The maximum atomic E-state index is 12.6. The maximum absolute atomic E-state index is 12.6. The highest BCUT2D eigenvalue weighted by Gasteiger charge is 2.15. The van der Waals surface area contributed by atoms with E-state index in [0.29, 0.717) is 42.0 Å². The first-order valence-electron chi connectivity index (χ1n) is 9.62. The predicted molar refractivity (Wildman–Crippen MR) is 113 cm³/mol. The zero-order valence-electron chi connectivity index (χ0n) is 16.1. The van der Waals surface area contributed by atoms with Gasteiger partial charge in [0, 0.05) is 16.5 Å². The van der Waals surface area contributed by atoms with E-state index in [1.807, 2.05) is 35.7 Å². The number of carbonyl (C=O) groups is 1. The number of nitrogens with one attached hydrogen (secondary N) is 1. The van der Waals surface area contributed by atoms with Crippen LogP contribution in [0, 0.1) is 0 Å². The Balaban J connectivity index is 1.44. The molecule has 1 aliphatic rings. The molecule has 29 heavy (non-hydrogen) atoms. The van der Waals surface area contributed by atoms with Crippen molar-refractivity contribution in [2.24, 2.45) is 0 Å². The quantitative estimate of drug-likeness (QED) is 0.554. The summed E-state index contributed by atoms with van der Waals surface area (Å²) in [6.45, 7) is 3.85. The second-order valence-corrected chi connectivity index (χ2v) is 7.44. The van der Waals surface area contributed by atoms with Gasteiger partial charge in [0.25, 0.3) is 5.91 Å². The van der Waals surface area contributed by atoms with Gasteiger partial charge >= 0.3 is 0 Å². The molecule has 0 bridgehead atoms. The van der Waals surface area contributed by atoms with Crippen molar-refractivity contribution in [2.75, 3.05) is 25.1 Å². The Kier molecular flexibility index (Phi) is 5.95. The molecule has 0 aliphatic carbocycles. The Morgan fingerprint density at radius 2 is 2.03 bits per heavy atom. The standard InChI is InChI=1S/C22H22N2O4S/c1-2-3-9-26-17-6-4-5-16(12-17)21(25)24-22-23-18(14-29-22)15-7-8-19-20(13-15)28-11-10-27-19/h4-8,12-14H,2-3,9-11H2,1H3,(H,23,24,25). The van der Waals surface area contributed by atoms with E-state index in [1.165, 1.54) is 11.3 Å². The van der Waals surface area contributed by atoms with E-state index in [9.17, 15) is 4.79 Å². The number of amides is 1. The van der Waals surface area contributed by atoms with Gasteiger partial charge in [0.1, 0.15) is 19.0 Å². The van der Waals surface area contributed by atoms with E-state index in [2.05, 4.69) is 17.2 Å². The van der Waals surface area contributed by atoms with E-state index in [1.54, 1.807) is 12.1 Å². The SMILES string of the molecule is CCCCOc1cccc(C(=O)Nc2nc(-c3ccc4c(c3)OCCO4)cs2)c1. The zero-order valence-corrected chi connectivity index (χ0v) is 17.0. The van der Waals surface area contributed by atoms with Crippen molar-refractivity contribution in [3.8, 4) is 28.5 Å². The van der Waals surface area contributed by atoms with Gasteiger partial charge < -0.3 is 14.2 Å². The molecule has 1 aliphatic heterocycles. The summed E-state index contributed by atoms with van der Waals surface area (Å²) < 4.78 is 16.9. The van der Waals surface area contributed by atoms with Crippen LogP contribution in [0.5, 0.6) is 17.2 Å². The second kappa shape index (κ2) is 8.96. The minimum atomic E-state index is -0.214. The largest absolute Gasteiger partial charge is 0.494 e. The fraction of sp³-hybridized carbons (Fsp3) is 0.273. The predicted octanol–water partition coefficient (Wildman–Crippen LogP) is 5.01. The van der Waals surface area contributed by atoms with Crippen LogP contribution in [-0.2, 0) is 0 Å². The first-order chi connectivity index (χ1) is 14.2. The topological polar surface area (TPSA) is 69.7 Å². The van der Waals surface area contributed by atoms with E-state index >= 15 is 0 Å². The minimum absolute atomic E-state index is 0.214. The molecule has 2 heterocycles. The van der Waals surface area contributed by atoms with Crippen LogP contribution in [0.15, 0.2) is 47.8 Å². The first kappa shape index (κ1) is 19.3. The Morgan fingerprint density at radius 3 is 2.90 bits per heavy atom. The fourth-order valence-electron chi connectivity index (χ4n) is 2.90. The van der Waals surface area contributed by atoms with Gasteiger partial charge in [-0.25, -0.2) is 4.98 Å². The molecule has 0 unspecified atom stereocenters. The fourth-order valence-corrected chi connectivity index (χ4v) is 3.61. The van der Waals surface area contributed by atoms with Gasteiger partial charge in [-0.05, 0) is 42.8 Å². The lowest BCUT2D eigenvalue weighted by atomic mass is 10.1. The van der Waals surface area contributed by atoms with Crippen LogP contribution in [0.25, 0.3) is 11.3 Å². The van der Waals surface area contributed by atoms with E-state index in [0.717, 1.165) is 29.8 Å². The van der Waals surface area contributed by atoms with Crippen molar-refractivity contribution in [2.45, 2.75) is 19.8 Å². The zero-order chi connectivity index (χ0) is 20.1. The molecule has 1 aromatic heterocycles. The molecule has 0 saturated carbocycles. The van der Waals surface area contributed by atoms with Gasteiger partial charge in [-0.1, -0.05) is 19.4 Å². The molecule has 1 amide bonds. The Labute approximate surface area is 173 Å². The number of ether oxygens (including phenoxy) is 3. The summed E-state index contributed by atoms with van der Waals surface area (Å²) in [5.74, 6) is 1.94. The molecule has 2 aromatic carbocycles. The Hall–Kier alpha value is -3.06. The number of carbonyl (C=O) groups excluding carboxylic acids is 1. The highest BCUT2D eigenvalue weighted by molar-refractivity contribution is 7.14. The average Bonchev–Trinajstić information content (AvgIpc) is 3.22. The van der Waals surface area contributed by atoms with Gasteiger partial charge in [0.2, 0.25) is 0 Å². The van der Waals surface area contributed by atoms with Crippen LogP contribution in [0.1, 0.15) is 30.1 Å². The number of hydrogen-bond donors (Lipinski definition) is 1. The van der Waals surface area contributed by atoms with Gasteiger partial charge in [-0.3, -0.25) is 10.1 Å². The molecule has 6 nitrogen and oxygen atoms in total. The highest BCUT2D eigenvalue weighted by Crippen LogP contribution is 2.35. The number of anilines is 1. The molecule has 0 atom stereocenters. The van der Waals surface area contributed by atoms with Gasteiger partial charge in [0.15, 0.2) is 16.6 Å². The summed E-state index contributed by atoms with van der Waals surface area (Å²) in [5.41, 5.74) is 2.23. The third kappa shape index (κ3) is 4.68. The number of hydrogen-bond acceptors (Lipinski definition) is 6. The van der Waals surface area contributed by atoms with Crippen molar-refractivity contribution in [3.05, 3.63) is 53.4 Å². The monoisotopic (exact) mass is 410 g/mol. The lowest BCUT2D eigenvalue weighted by molar-refractivity contribution is 0.102. The summed E-state index contributed by atoms with van der Waals surface area (Å²) in [6.07, 6.45) is 2.05. The van der Waals surface area contributed by atoms with Crippen LogP contribution >= 0.6 is 11.3 Å². The molecule has 3 aromatic rings. The molecular weight excluding hydrogens is 388 g/mol. The molecule has 1 N–H and O–H groups in total. The summed E-state index contributed by atoms with van der Waals surface area (Å²) in [4.78, 5) is 17.1. The molecule has 0 radical (unpaired) electrons. The summed E-state index contributed by atoms with van der Waals surface area (Å²) >= 11 is 1.38. The molecule has 4 rings (SSSR count). The maximum Gasteiger partial charge on any atom is 0.257 e. The van der Waals surface area contributed by atoms with Crippen LogP contribution < -0.4 is 19.5 Å². The summed E-state index contributed by atoms with van der Waals surface area (Å²) in [7, 11) is 0. The van der Waals surface area contributed by atoms with Crippen molar-refractivity contribution in [3.63, 3.8) is 0 Å². The molecule has 0 saturated heterocycles. The van der Waals surface area contributed by atoms with E-state index in [-0.39, 0.29) is 5.91 Å². The smallest absolute Gasteiger partial charge is 0.257 e. The van der Waals surface area contributed by atoms with Crippen LogP contribution in [0.3, 0.4) is 0 Å². The second-order valence-electron chi connectivity index (χ2n) is 6.58.